The maximum atomic E-state index is 10.4. The summed E-state index contributed by atoms with van der Waals surface area (Å²) in [5.41, 5.74) is 0. The Morgan fingerprint density at radius 2 is 1.67 bits per heavy atom. The fourth-order valence-corrected chi connectivity index (χ4v) is 3.51. The van der Waals surface area contributed by atoms with Crippen LogP contribution in [0.2, 0.25) is 18.1 Å². The number of rotatable bonds is 12. The van der Waals surface area contributed by atoms with Crippen LogP contribution in [0.15, 0.2) is 24.3 Å². The van der Waals surface area contributed by atoms with Crippen molar-refractivity contribution in [2.24, 2.45) is 0 Å². The summed E-state index contributed by atoms with van der Waals surface area (Å²) in [5.74, 6) is -0.684. The minimum absolute atomic E-state index is 0.157. The van der Waals surface area contributed by atoms with Gasteiger partial charge in [-0.15, -0.1) is 0 Å². The maximum absolute atomic E-state index is 10.4. The van der Waals surface area contributed by atoms with Gasteiger partial charge >= 0.3 is 5.97 Å². The second kappa shape index (κ2) is 11.6. The fraction of sp³-hybridized carbons (Fsp3) is 0.750. The summed E-state index contributed by atoms with van der Waals surface area (Å²) in [6.07, 6.45) is 15.4. The van der Waals surface area contributed by atoms with Crippen LogP contribution in [0.1, 0.15) is 72.6 Å². The number of unbranched alkanes of at least 4 members (excludes halogenated alkanes) is 5. The summed E-state index contributed by atoms with van der Waals surface area (Å²) in [5, 5.41) is 8.80. The molecule has 1 unspecified atom stereocenters. The van der Waals surface area contributed by atoms with Crippen molar-refractivity contribution in [3.8, 4) is 0 Å². The first-order valence-corrected chi connectivity index (χ1v) is 12.2. The van der Waals surface area contributed by atoms with Gasteiger partial charge in [0.25, 0.3) is 0 Å². The Morgan fingerprint density at radius 1 is 1.08 bits per heavy atom. The Morgan fingerprint density at radius 3 is 2.25 bits per heavy atom. The molecule has 0 aromatic rings. The Balaban J connectivity index is 3.79. The lowest BCUT2D eigenvalue weighted by molar-refractivity contribution is -0.137. The van der Waals surface area contributed by atoms with Crippen molar-refractivity contribution in [3.05, 3.63) is 24.3 Å². The van der Waals surface area contributed by atoms with Gasteiger partial charge in [0.15, 0.2) is 8.32 Å². The molecule has 0 radical (unpaired) electrons. The van der Waals surface area contributed by atoms with Crippen LogP contribution in [0.5, 0.6) is 0 Å². The molecule has 0 saturated carbocycles. The average Bonchev–Trinajstić information content (AvgIpc) is 2.42. The molecule has 0 aromatic heterocycles. The van der Waals surface area contributed by atoms with E-state index in [2.05, 4.69) is 65.1 Å². The molecule has 0 amide bonds. The van der Waals surface area contributed by atoms with Crippen molar-refractivity contribution in [2.75, 3.05) is 0 Å². The molecule has 0 aliphatic heterocycles. The molecule has 3 nitrogen and oxygen atoms in total. The molecule has 0 aliphatic carbocycles. The highest BCUT2D eigenvalue weighted by atomic mass is 28.4. The van der Waals surface area contributed by atoms with Gasteiger partial charge in [-0.25, -0.2) is 0 Å². The van der Waals surface area contributed by atoms with Gasteiger partial charge < -0.3 is 9.53 Å². The zero-order valence-electron chi connectivity index (χ0n) is 16.6. The predicted octanol–water partition coefficient (Wildman–Crippen LogP) is 6.32. The molecule has 0 fully saturated rings. The van der Waals surface area contributed by atoms with Crippen LogP contribution in [0, 0.1) is 0 Å². The molecule has 0 aliphatic rings. The van der Waals surface area contributed by atoms with Crippen LogP contribution in [0.25, 0.3) is 0 Å². The topological polar surface area (TPSA) is 46.5 Å². The molecule has 1 N–H and O–H groups in total. The van der Waals surface area contributed by atoms with Crippen LogP contribution in [0.4, 0.5) is 0 Å². The Kier molecular flexibility index (Phi) is 11.2. The molecule has 0 saturated heterocycles. The zero-order chi connectivity index (χ0) is 18.6. The molecular weight excluding hydrogens is 316 g/mol. The number of aliphatic carboxylic acids is 1. The van der Waals surface area contributed by atoms with Crippen molar-refractivity contribution in [3.63, 3.8) is 0 Å². The second-order valence-electron chi connectivity index (χ2n) is 8.10. The van der Waals surface area contributed by atoms with Crippen LogP contribution in [0.3, 0.4) is 0 Å². The van der Waals surface area contributed by atoms with Crippen LogP contribution >= 0.6 is 0 Å². The molecule has 140 valence electrons. The van der Waals surface area contributed by atoms with Crippen LogP contribution < -0.4 is 0 Å². The first kappa shape index (κ1) is 23.1. The maximum Gasteiger partial charge on any atom is 0.303 e. The normalized spacial score (nSPS) is 14.6. The fourth-order valence-electron chi connectivity index (χ4n) is 2.14. The summed E-state index contributed by atoms with van der Waals surface area (Å²) in [4.78, 5) is 10.4. The third-order valence-electron chi connectivity index (χ3n) is 4.68. The Bertz CT molecular complexity index is 406. The molecule has 1 atom stereocenters. The van der Waals surface area contributed by atoms with E-state index in [9.17, 15) is 4.79 Å². The van der Waals surface area contributed by atoms with E-state index in [-0.39, 0.29) is 11.1 Å². The average molecular weight is 355 g/mol. The molecule has 0 heterocycles. The monoisotopic (exact) mass is 354 g/mol. The van der Waals surface area contributed by atoms with E-state index in [1.165, 1.54) is 12.8 Å². The van der Waals surface area contributed by atoms with Crippen LogP contribution in [-0.4, -0.2) is 25.5 Å². The van der Waals surface area contributed by atoms with E-state index in [0.717, 1.165) is 25.7 Å². The Labute approximate surface area is 150 Å². The lowest BCUT2D eigenvalue weighted by Crippen LogP contribution is -2.42. The van der Waals surface area contributed by atoms with Crippen molar-refractivity contribution in [1.29, 1.82) is 0 Å². The third-order valence-corrected chi connectivity index (χ3v) is 9.25. The van der Waals surface area contributed by atoms with E-state index >= 15 is 0 Å². The standard InChI is InChI=1S/C20H38O3Si/c1-18(23-24(5,6)20(2,3)4)16-14-12-10-8-7-9-11-13-15-17-19(21)22/h10,12,14,16,18H,7-9,11,13,15,17H2,1-6H3,(H,21,22)/b12-10-,16-14+. The van der Waals surface area contributed by atoms with Gasteiger partial charge in [-0.2, -0.15) is 0 Å². The Hall–Kier alpha value is -0.873. The smallest absolute Gasteiger partial charge is 0.303 e. The minimum Gasteiger partial charge on any atom is -0.481 e. The minimum atomic E-state index is -1.68. The lowest BCUT2D eigenvalue weighted by Gasteiger charge is -2.37. The summed E-state index contributed by atoms with van der Waals surface area (Å²) in [6.45, 7) is 13.5. The first-order chi connectivity index (χ1) is 11.1. The second-order valence-corrected chi connectivity index (χ2v) is 12.9. The SMILES string of the molecule is CC(/C=C/C=C\CCCCCCCC(=O)O)O[Si](C)(C)C(C)(C)C. The number of hydrogen-bond donors (Lipinski definition) is 1. The van der Waals surface area contributed by atoms with Gasteiger partial charge in [-0.1, -0.05) is 64.3 Å². The highest BCUT2D eigenvalue weighted by molar-refractivity contribution is 6.74. The van der Waals surface area contributed by atoms with E-state index < -0.39 is 14.3 Å². The summed E-state index contributed by atoms with van der Waals surface area (Å²) >= 11 is 0. The first-order valence-electron chi connectivity index (χ1n) is 9.29. The van der Waals surface area contributed by atoms with Crippen LogP contribution in [-0.2, 0) is 9.22 Å². The lowest BCUT2D eigenvalue weighted by atomic mass is 10.1. The molecule has 4 heteroatoms. The largest absolute Gasteiger partial charge is 0.481 e. The molecule has 0 aromatic carbocycles. The van der Waals surface area contributed by atoms with Gasteiger partial charge in [0.05, 0.1) is 6.10 Å². The highest BCUT2D eigenvalue weighted by Gasteiger charge is 2.37. The third kappa shape index (κ3) is 11.6. The number of allylic oxidation sites excluding steroid dienone is 3. The van der Waals surface area contributed by atoms with Gasteiger partial charge in [0, 0.05) is 6.42 Å². The summed E-state index contributed by atoms with van der Waals surface area (Å²) < 4.78 is 6.28. The number of carboxylic acids is 1. The highest BCUT2D eigenvalue weighted by Crippen LogP contribution is 2.37. The summed E-state index contributed by atoms with van der Waals surface area (Å²) in [7, 11) is -1.68. The van der Waals surface area contributed by atoms with Gasteiger partial charge in [-0.3, -0.25) is 4.79 Å². The molecule has 0 spiro atoms. The number of carbonyl (C=O) groups is 1. The summed E-state index contributed by atoms with van der Waals surface area (Å²) in [6, 6.07) is 0. The molecular formula is C20H38O3Si. The van der Waals surface area contributed by atoms with Gasteiger partial charge in [0.2, 0.25) is 0 Å². The number of carboxylic acid groups (broad SMARTS) is 1. The van der Waals surface area contributed by atoms with Crippen molar-refractivity contribution in [2.45, 2.75) is 96.9 Å². The quantitative estimate of drug-likeness (QED) is 0.253. The molecule has 24 heavy (non-hydrogen) atoms. The van der Waals surface area contributed by atoms with E-state index in [1.807, 2.05) is 0 Å². The molecule has 0 bridgehead atoms. The van der Waals surface area contributed by atoms with Crippen molar-refractivity contribution >= 4 is 14.3 Å². The molecule has 0 rings (SSSR count). The number of hydrogen-bond acceptors (Lipinski definition) is 2. The van der Waals surface area contributed by atoms with E-state index in [0.29, 0.717) is 6.42 Å². The van der Waals surface area contributed by atoms with E-state index in [1.54, 1.807) is 0 Å². The van der Waals surface area contributed by atoms with Crippen molar-refractivity contribution in [1.82, 2.24) is 0 Å². The predicted molar refractivity (Wildman–Crippen MR) is 106 cm³/mol. The van der Waals surface area contributed by atoms with E-state index in [4.69, 9.17) is 9.53 Å². The zero-order valence-corrected chi connectivity index (χ0v) is 17.6. The van der Waals surface area contributed by atoms with Gasteiger partial charge in [-0.05, 0) is 44.3 Å². The van der Waals surface area contributed by atoms with Gasteiger partial charge in [0.1, 0.15) is 0 Å². The van der Waals surface area contributed by atoms with Crippen molar-refractivity contribution < 1.29 is 14.3 Å².